The van der Waals surface area contributed by atoms with E-state index in [0.717, 1.165) is 11.3 Å². The Labute approximate surface area is 125 Å². The van der Waals surface area contributed by atoms with Gasteiger partial charge in [0.15, 0.2) is 5.76 Å². The van der Waals surface area contributed by atoms with Crippen molar-refractivity contribution in [2.75, 3.05) is 11.9 Å². The first-order valence-electron chi connectivity index (χ1n) is 6.50. The van der Waals surface area contributed by atoms with Crippen LogP contribution in [0.15, 0.2) is 34.9 Å². The van der Waals surface area contributed by atoms with Crippen LogP contribution >= 0.6 is 11.3 Å². The molecule has 21 heavy (non-hydrogen) atoms. The number of furan rings is 1. The van der Waals surface area contributed by atoms with Crippen LogP contribution in [0.4, 0.5) is 5.00 Å². The number of nitrogens with one attached hydrogen (secondary N) is 2. The molecule has 0 aliphatic rings. The fourth-order valence-corrected chi connectivity index (χ4v) is 2.45. The second kappa shape index (κ2) is 7.05. The van der Waals surface area contributed by atoms with Gasteiger partial charge in [-0.05, 0) is 30.7 Å². The number of aliphatic hydroxyl groups is 1. The fraction of sp³-hybridized carbons (Fsp3) is 0.286. The molecule has 0 spiro atoms. The Morgan fingerprint density at radius 2 is 2.14 bits per heavy atom. The Kier molecular flexibility index (Phi) is 5.13. The fourth-order valence-electron chi connectivity index (χ4n) is 1.64. The molecule has 2 rings (SSSR count). The van der Waals surface area contributed by atoms with Crippen LogP contribution in [0.25, 0.3) is 0 Å². The lowest BCUT2D eigenvalue weighted by Gasteiger charge is -2.12. The molecule has 2 amide bonds. The normalized spacial score (nSPS) is 11.9. The summed E-state index contributed by atoms with van der Waals surface area (Å²) in [7, 11) is 0. The number of carbonyl (C=O) groups is 2. The molecule has 2 aromatic rings. The van der Waals surface area contributed by atoms with Crippen molar-refractivity contribution in [1.29, 1.82) is 0 Å². The summed E-state index contributed by atoms with van der Waals surface area (Å²) in [6.07, 6.45) is 2.07. The number of hydrogen-bond donors (Lipinski definition) is 3. The number of thiophene rings is 1. The van der Waals surface area contributed by atoms with Gasteiger partial charge in [0, 0.05) is 0 Å². The van der Waals surface area contributed by atoms with Gasteiger partial charge in [0.25, 0.3) is 11.8 Å². The molecule has 0 saturated heterocycles. The van der Waals surface area contributed by atoms with Gasteiger partial charge in [-0.1, -0.05) is 6.92 Å². The molecule has 6 nitrogen and oxygen atoms in total. The molecule has 2 aromatic heterocycles. The van der Waals surface area contributed by atoms with Crippen molar-refractivity contribution < 1.29 is 19.1 Å². The van der Waals surface area contributed by atoms with E-state index in [9.17, 15) is 9.59 Å². The summed E-state index contributed by atoms with van der Waals surface area (Å²) in [5, 5.41) is 15.0. The highest BCUT2D eigenvalue weighted by Crippen LogP contribution is 2.22. The lowest BCUT2D eigenvalue weighted by molar-refractivity contribution is 0.0918. The second-order valence-corrected chi connectivity index (χ2v) is 5.44. The van der Waals surface area contributed by atoms with Gasteiger partial charge >= 0.3 is 0 Å². The van der Waals surface area contributed by atoms with Crippen LogP contribution in [0.2, 0.25) is 0 Å². The van der Waals surface area contributed by atoms with Crippen molar-refractivity contribution >= 4 is 28.2 Å². The molecule has 0 radical (unpaired) electrons. The van der Waals surface area contributed by atoms with Crippen LogP contribution in [0.1, 0.15) is 33.6 Å². The van der Waals surface area contributed by atoms with E-state index in [1.807, 2.05) is 6.92 Å². The van der Waals surface area contributed by atoms with Crippen molar-refractivity contribution in [3.05, 3.63) is 41.2 Å². The van der Waals surface area contributed by atoms with Crippen molar-refractivity contribution in [2.45, 2.75) is 19.4 Å². The molecule has 112 valence electrons. The Morgan fingerprint density at radius 3 is 2.76 bits per heavy atom. The third-order valence-electron chi connectivity index (χ3n) is 2.86. The van der Waals surface area contributed by atoms with E-state index in [2.05, 4.69) is 10.6 Å². The van der Waals surface area contributed by atoms with Gasteiger partial charge in [-0.25, -0.2) is 0 Å². The molecule has 0 aromatic carbocycles. The maximum atomic E-state index is 12.0. The number of rotatable bonds is 6. The summed E-state index contributed by atoms with van der Waals surface area (Å²) < 4.78 is 4.99. The Hall–Kier alpha value is -2.12. The highest BCUT2D eigenvalue weighted by molar-refractivity contribution is 7.18. The molecule has 1 atom stereocenters. The highest BCUT2D eigenvalue weighted by atomic mass is 32.1. The molecular formula is C14H16N2O4S. The van der Waals surface area contributed by atoms with E-state index >= 15 is 0 Å². The Balaban J connectivity index is 1.98. The Morgan fingerprint density at radius 1 is 1.33 bits per heavy atom. The van der Waals surface area contributed by atoms with Crippen LogP contribution < -0.4 is 10.6 Å². The smallest absolute Gasteiger partial charge is 0.291 e. The third kappa shape index (κ3) is 3.93. The van der Waals surface area contributed by atoms with Gasteiger partial charge in [-0.15, -0.1) is 11.3 Å². The monoisotopic (exact) mass is 308 g/mol. The van der Waals surface area contributed by atoms with E-state index in [4.69, 9.17) is 9.52 Å². The van der Waals surface area contributed by atoms with Crippen LogP contribution in [0, 0.1) is 0 Å². The minimum Gasteiger partial charge on any atom is -0.459 e. The summed E-state index contributed by atoms with van der Waals surface area (Å²) in [6, 6.07) is 6.20. The standard InChI is InChI=1S/C14H16N2O4S/c1-2-9(8-17)15-14(19)11-5-6-12(21-11)16-13(18)10-4-3-7-20-10/h3-7,9,17H,2,8H2,1H3,(H,15,19)(H,16,18). The molecule has 0 aliphatic heterocycles. The molecule has 2 heterocycles. The summed E-state index contributed by atoms with van der Waals surface area (Å²) in [5.41, 5.74) is 0. The largest absolute Gasteiger partial charge is 0.459 e. The van der Waals surface area contributed by atoms with Crippen LogP contribution in [-0.2, 0) is 0 Å². The molecule has 1 unspecified atom stereocenters. The maximum absolute atomic E-state index is 12.0. The average molecular weight is 308 g/mol. The minimum absolute atomic E-state index is 0.101. The van der Waals surface area contributed by atoms with Gasteiger partial charge in [0.05, 0.1) is 28.8 Å². The number of aliphatic hydroxyl groups excluding tert-OH is 1. The molecule has 3 N–H and O–H groups in total. The van der Waals surface area contributed by atoms with Gasteiger partial charge < -0.3 is 20.2 Å². The van der Waals surface area contributed by atoms with Crippen molar-refractivity contribution in [3.63, 3.8) is 0 Å². The van der Waals surface area contributed by atoms with E-state index in [1.165, 1.54) is 6.26 Å². The maximum Gasteiger partial charge on any atom is 0.291 e. The molecule has 0 bridgehead atoms. The SMILES string of the molecule is CCC(CO)NC(=O)c1ccc(NC(=O)c2ccco2)s1. The first-order valence-corrected chi connectivity index (χ1v) is 7.32. The summed E-state index contributed by atoms with van der Waals surface area (Å²) in [4.78, 5) is 24.2. The first-order chi connectivity index (χ1) is 10.1. The van der Waals surface area contributed by atoms with E-state index in [-0.39, 0.29) is 30.2 Å². The molecule has 0 saturated carbocycles. The van der Waals surface area contributed by atoms with Crippen molar-refractivity contribution in [2.24, 2.45) is 0 Å². The van der Waals surface area contributed by atoms with Crippen LogP contribution in [0.3, 0.4) is 0 Å². The molecular weight excluding hydrogens is 292 g/mol. The predicted octanol–water partition coefficient (Wildman–Crippen LogP) is 2.09. The van der Waals surface area contributed by atoms with Gasteiger partial charge in [-0.3, -0.25) is 9.59 Å². The highest BCUT2D eigenvalue weighted by Gasteiger charge is 2.15. The van der Waals surface area contributed by atoms with Gasteiger partial charge in [0.1, 0.15) is 0 Å². The molecule has 0 aliphatic carbocycles. The predicted molar refractivity (Wildman–Crippen MR) is 79.6 cm³/mol. The quantitative estimate of drug-likeness (QED) is 0.762. The average Bonchev–Trinajstić information content (AvgIpc) is 3.15. The summed E-state index contributed by atoms with van der Waals surface area (Å²) >= 11 is 1.16. The molecule has 0 fully saturated rings. The number of carbonyl (C=O) groups excluding carboxylic acids is 2. The lowest BCUT2D eigenvalue weighted by atomic mass is 10.2. The topological polar surface area (TPSA) is 91.6 Å². The first kappa shape index (κ1) is 15.3. The lowest BCUT2D eigenvalue weighted by Crippen LogP contribution is -2.36. The van der Waals surface area contributed by atoms with Gasteiger partial charge in [0.2, 0.25) is 0 Å². The summed E-state index contributed by atoms with van der Waals surface area (Å²) in [5.74, 6) is -0.421. The zero-order valence-corrected chi connectivity index (χ0v) is 12.3. The van der Waals surface area contributed by atoms with E-state index < -0.39 is 0 Å². The molecule has 7 heteroatoms. The van der Waals surface area contributed by atoms with E-state index in [1.54, 1.807) is 24.3 Å². The number of anilines is 1. The zero-order valence-electron chi connectivity index (χ0n) is 11.5. The summed E-state index contributed by atoms with van der Waals surface area (Å²) in [6.45, 7) is 1.78. The minimum atomic E-state index is -0.365. The van der Waals surface area contributed by atoms with Gasteiger partial charge in [-0.2, -0.15) is 0 Å². The second-order valence-electron chi connectivity index (χ2n) is 4.36. The third-order valence-corrected chi connectivity index (χ3v) is 3.86. The van der Waals surface area contributed by atoms with Crippen molar-refractivity contribution in [3.8, 4) is 0 Å². The van der Waals surface area contributed by atoms with Crippen molar-refractivity contribution in [1.82, 2.24) is 5.32 Å². The number of amides is 2. The van der Waals surface area contributed by atoms with E-state index in [0.29, 0.717) is 16.3 Å². The zero-order chi connectivity index (χ0) is 15.2. The Bertz CT molecular complexity index is 602. The van der Waals surface area contributed by atoms with Crippen LogP contribution in [-0.4, -0.2) is 29.6 Å². The number of hydrogen-bond acceptors (Lipinski definition) is 5. The van der Waals surface area contributed by atoms with Crippen LogP contribution in [0.5, 0.6) is 0 Å².